The zero-order valence-electron chi connectivity index (χ0n) is 12.7. The number of hydrogen-bond donors (Lipinski definition) is 2. The van der Waals surface area contributed by atoms with Crippen LogP contribution in [0.4, 0.5) is 5.69 Å². The van der Waals surface area contributed by atoms with Crippen molar-refractivity contribution in [3.8, 4) is 10.7 Å². The van der Waals surface area contributed by atoms with Gasteiger partial charge in [-0.3, -0.25) is 4.79 Å². The molecule has 25 heavy (non-hydrogen) atoms. The molecule has 0 saturated carbocycles. The van der Waals surface area contributed by atoms with Crippen LogP contribution in [0, 0.1) is 0 Å². The smallest absolute Gasteiger partial charge is 0.242 e. The van der Waals surface area contributed by atoms with Crippen LogP contribution >= 0.6 is 11.3 Å². The number of aromatic nitrogens is 2. The predicted octanol–water partition coefficient (Wildman–Crippen LogP) is 1.77. The van der Waals surface area contributed by atoms with E-state index in [0.717, 1.165) is 4.88 Å². The number of rotatable bonds is 5. The minimum absolute atomic E-state index is 0.0840. The van der Waals surface area contributed by atoms with E-state index in [0.29, 0.717) is 17.1 Å². The molecule has 3 heterocycles. The second-order valence-corrected chi connectivity index (χ2v) is 8.07. The number of hydrogen-bond acceptors (Lipinski definition) is 7. The van der Waals surface area contributed by atoms with Crippen LogP contribution in [0.1, 0.15) is 11.5 Å². The lowest BCUT2D eigenvalue weighted by atomic mass is 10.2. The van der Waals surface area contributed by atoms with Gasteiger partial charge in [-0.05, 0) is 35.2 Å². The Labute approximate surface area is 146 Å². The summed E-state index contributed by atoms with van der Waals surface area (Å²) in [6, 6.07) is 8.23. The van der Waals surface area contributed by atoms with Gasteiger partial charge in [0.2, 0.25) is 27.6 Å². The molecule has 0 bridgehead atoms. The number of nitrogens with one attached hydrogen (secondary N) is 2. The van der Waals surface area contributed by atoms with Crippen molar-refractivity contribution in [1.29, 1.82) is 0 Å². The highest BCUT2D eigenvalue weighted by Crippen LogP contribution is 2.26. The first-order valence-electron chi connectivity index (χ1n) is 7.30. The summed E-state index contributed by atoms with van der Waals surface area (Å²) in [7, 11) is -3.76. The number of thiophene rings is 1. The maximum atomic E-state index is 12.4. The molecule has 128 valence electrons. The molecular formula is C15H12N4O4S2. The van der Waals surface area contributed by atoms with Crippen molar-refractivity contribution in [3.63, 3.8) is 0 Å². The molecule has 0 atom stereocenters. The Bertz CT molecular complexity index is 1040. The van der Waals surface area contributed by atoms with Crippen LogP contribution in [0.25, 0.3) is 10.7 Å². The van der Waals surface area contributed by atoms with Crippen LogP contribution in [0.2, 0.25) is 0 Å². The van der Waals surface area contributed by atoms with Crippen molar-refractivity contribution in [1.82, 2.24) is 14.9 Å². The van der Waals surface area contributed by atoms with Gasteiger partial charge in [0.25, 0.3) is 0 Å². The van der Waals surface area contributed by atoms with E-state index >= 15 is 0 Å². The fraction of sp³-hybridized carbons (Fsp3) is 0.133. The number of amides is 1. The zero-order valence-corrected chi connectivity index (χ0v) is 14.4. The maximum Gasteiger partial charge on any atom is 0.242 e. The first-order valence-corrected chi connectivity index (χ1v) is 9.66. The summed E-state index contributed by atoms with van der Waals surface area (Å²) in [6.07, 6.45) is 0.173. The molecule has 0 radical (unpaired) electrons. The highest BCUT2D eigenvalue weighted by Gasteiger charge is 2.22. The summed E-state index contributed by atoms with van der Waals surface area (Å²) in [5.41, 5.74) is 1.30. The Hall–Kier alpha value is -2.56. The second-order valence-electron chi connectivity index (χ2n) is 5.36. The second kappa shape index (κ2) is 6.06. The van der Waals surface area contributed by atoms with Gasteiger partial charge in [0.05, 0.1) is 22.7 Å². The summed E-state index contributed by atoms with van der Waals surface area (Å²) in [5.74, 6) is 0.445. The molecule has 0 unspecified atom stereocenters. The minimum atomic E-state index is -3.76. The van der Waals surface area contributed by atoms with Crippen LogP contribution in [0.5, 0.6) is 0 Å². The lowest BCUT2D eigenvalue weighted by Gasteiger charge is -2.06. The van der Waals surface area contributed by atoms with Crippen LogP contribution < -0.4 is 10.0 Å². The lowest BCUT2D eigenvalue weighted by Crippen LogP contribution is -2.23. The summed E-state index contributed by atoms with van der Waals surface area (Å²) < 4.78 is 32.3. The predicted molar refractivity (Wildman–Crippen MR) is 90.4 cm³/mol. The number of fused-ring (bicyclic) bond motifs is 1. The normalized spacial score (nSPS) is 13.7. The summed E-state index contributed by atoms with van der Waals surface area (Å²) in [5, 5.41) is 8.39. The molecule has 3 aromatic rings. The third-order valence-electron chi connectivity index (χ3n) is 3.64. The average Bonchev–Trinajstić information content (AvgIpc) is 3.31. The van der Waals surface area contributed by atoms with E-state index in [1.54, 1.807) is 6.07 Å². The van der Waals surface area contributed by atoms with E-state index in [9.17, 15) is 13.2 Å². The molecule has 0 saturated heterocycles. The molecule has 10 heteroatoms. The number of carbonyl (C=O) groups excluding carboxylic acids is 1. The molecule has 0 fully saturated rings. The van der Waals surface area contributed by atoms with Gasteiger partial charge in [-0.15, -0.1) is 11.3 Å². The molecule has 2 aromatic heterocycles. The SMILES string of the molecule is O=C1Cc2cc(S(=O)(=O)NCc3nc(-c4cccs4)no3)ccc2N1. The topological polar surface area (TPSA) is 114 Å². The molecule has 1 aliphatic rings. The Morgan fingerprint density at radius 1 is 1.32 bits per heavy atom. The molecule has 1 aromatic carbocycles. The van der Waals surface area contributed by atoms with Crippen molar-refractivity contribution in [2.24, 2.45) is 0 Å². The van der Waals surface area contributed by atoms with Gasteiger partial charge in [0.15, 0.2) is 0 Å². The van der Waals surface area contributed by atoms with E-state index in [-0.39, 0.29) is 29.7 Å². The quantitative estimate of drug-likeness (QED) is 0.701. The van der Waals surface area contributed by atoms with Crippen LogP contribution in [-0.2, 0) is 27.8 Å². The van der Waals surface area contributed by atoms with Crippen molar-refractivity contribution in [2.45, 2.75) is 17.9 Å². The van der Waals surface area contributed by atoms with Crippen molar-refractivity contribution in [2.75, 3.05) is 5.32 Å². The number of benzene rings is 1. The van der Waals surface area contributed by atoms with Gasteiger partial charge in [-0.2, -0.15) is 4.98 Å². The van der Waals surface area contributed by atoms with Crippen LogP contribution in [0.15, 0.2) is 45.1 Å². The van der Waals surface area contributed by atoms with E-state index in [1.165, 1.54) is 23.5 Å². The third-order valence-corrected chi connectivity index (χ3v) is 5.90. The fourth-order valence-corrected chi connectivity index (χ4v) is 4.12. The monoisotopic (exact) mass is 376 g/mol. The highest BCUT2D eigenvalue weighted by atomic mass is 32.2. The summed E-state index contributed by atoms with van der Waals surface area (Å²) >= 11 is 1.46. The largest absolute Gasteiger partial charge is 0.337 e. The number of carbonyl (C=O) groups is 1. The lowest BCUT2D eigenvalue weighted by molar-refractivity contribution is -0.115. The Kier molecular flexibility index (Phi) is 3.86. The third kappa shape index (κ3) is 3.18. The first-order chi connectivity index (χ1) is 12.0. The first kappa shape index (κ1) is 15.9. The molecule has 1 aliphatic heterocycles. The van der Waals surface area contributed by atoms with E-state index in [2.05, 4.69) is 20.2 Å². The number of sulfonamides is 1. The molecule has 4 rings (SSSR count). The number of anilines is 1. The molecule has 1 amide bonds. The van der Waals surface area contributed by atoms with Crippen LogP contribution in [0.3, 0.4) is 0 Å². The van der Waals surface area contributed by atoms with Crippen molar-refractivity contribution >= 4 is 33.0 Å². The maximum absolute atomic E-state index is 12.4. The Morgan fingerprint density at radius 3 is 3.00 bits per heavy atom. The fourth-order valence-electron chi connectivity index (χ4n) is 2.45. The van der Waals surface area contributed by atoms with Crippen LogP contribution in [-0.4, -0.2) is 24.5 Å². The zero-order chi connectivity index (χ0) is 17.4. The molecule has 0 aliphatic carbocycles. The highest BCUT2D eigenvalue weighted by molar-refractivity contribution is 7.89. The summed E-state index contributed by atoms with van der Waals surface area (Å²) in [4.78, 5) is 16.5. The molecular weight excluding hydrogens is 364 g/mol. The van der Waals surface area contributed by atoms with Crippen molar-refractivity contribution < 1.29 is 17.7 Å². The van der Waals surface area contributed by atoms with Gasteiger partial charge >= 0.3 is 0 Å². The van der Waals surface area contributed by atoms with Gasteiger partial charge in [0, 0.05) is 5.69 Å². The van der Waals surface area contributed by atoms with Gasteiger partial charge in [-0.25, -0.2) is 13.1 Å². The molecule has 0 spiro atoms. The van der Waals surface area contributed by atoms with Gasteiger partial charge in [-0.1, -0.05) is 11.2 Å². The minimum Gasteiger partial charge on any atom is -0.337 e. The van der Waals surface area contributed by atoms with Gasteiger partial charge in [0.1, 0.15) is 0 Å². The Balaban J connectivity index is 1.49. The van der Waals surface area contributed by atoms with Crippen molar-refractivity contribution in [3.05, 3.63) is 47.2 Å². The Morgan fingerprint density at radius 2 is 2.20 bits per heavy atom. The molecule has 2 N–H and O–H groups in total. The number of nitrogens with zero attached hydrogens (tertiary/aromatic N) is 2. The summed E-state index contributed by atoms with van der Waals surface area (Å²) in [6.45, 7) is -0.116. The van der Waals surface area contributed by atoms with E-state index < -0.39 is 10.0 Å². The van der Waals surface area contributed by atoms with E-state index in [4.69, 9.17) is 4.52 Å². The van der Waals surface area contributed by atoms with E-state index in [1.807, 2.05) is 17.5 Å². The van der Waals surface area contributed by atoms with Gasteiger partial charge < -0.3 is 9.84 Å². The average molecular weight is 376 g/mol. The molecule has 8 nitrogen and oxygen atoms in total. The standard InChI is InChI=1S/C15H12N4O4S2/c20-13-7-9-6-10(3-4-11(9)17-13)25(21,22)16-8-14-18-15(19-23-14)12-2-1-5-24-12/h1-6,16H,7-8H2,(H,17,20).